The molecule has 0 atom stereocenters. The Morgan fingerprint density at radius 3 is 2.78 bits per heavy atom. The first kappa shape index (κ1) is 11.2. The zero-order chi connectivity index (χ0) is 12.4. The normalized spacial score (nSPS) is 15.0. The van der Waals surface area contributed by atoms with Crippen LogP contribution in [0.2, 0.25) is 0 Å². The van der Waals surface area contributed by atoms with Crippen molar-refractivity contribution in [3.63, 3.8) is 0 Å². The second kappa shape index (κ2) is 4.77. The minimum absolute atomic E-state index is 0.254. The summed E-state index contributed by atoms with van der Waals surface area (Å²) in [4.78, 5) is 14.8. The molecule has 0 aromatic carbocycles. The Morgan fingerprint density at radius 1 is 1.22 bits per heavy atom. The van der Waals surface area contributed by atoms with Crippen molar-refractivity contribution < 1.29 is 0 Å². The molecule has 1 aliphatic heterocycles. The number of hydrogen-bond acceptors (Lipinski definition) is 7. The molecule has 0 unspecified atom stereocenters. The maximum Gasteiger partial charge on any atom is 0.233 e. The molecule has 0 radical (unpaired) electrons. The van der Waals surface area contributed by atoms with Gasteiger partial charge in [0.1, 0.15) is 0 Å². The third-order valence-electron chi connectivity index (χ3n) is 2.81. The van der Waals surface area contributed by atoms with Crippen LogP contribution in [0.1, 0.15) is 12.8 Å². The number of thiophene rings is 1. The number of nitrogens with two attached hydrogens (primary N) is 1. The van der Waals surface area contributed by atoms with E-state index in [2.05, 4.69) is 25.2 Å². The summed E-state index contributed by atoms with van der Waals surface area (Å²) in [5.74, 6) is 1.42. The van der Waals surface area contributed by atoms with Gasteiger partial charge in [-0.2, -0.15) is 26.3 Å². The van der Waals surface area contributed by atoms with E-state index in [1.165, 1.54) is 12.8 Å². The van der Waals surface area contributed by atoms with Crippen molar-refractivity contribution in [3.8, 4) is 0 Å². The maximum absolute atomic E-state index is 5.73. The first-order chi connectivity index (χ1) is 8.81. The molecule has 0 saturated carbocycles. The van der Waals surface area contributed by atoms with E-state index in [1.807, 2.05) is 16.8 Å². The molecule has 1 aliphatic rings. The van der Waals surface area contributed by atoms with Crippen LogP contribution in [0.3, 0.4) is 0 Å². The molecule has 3 rings (SSSR count). The van der Waals surface area contributed by atoms with Crippen molar-refractivity contribution in [2.75, 3.05) is 29.0 Å². The maximum atomic E-state index is 5.73. The molecule has 0 aliphatic carbocycles. The van der Waals surface area contributed by atoms with Crippen LogP contribution in [-0.2, 0) is 0 Å². The van der Waals surface area contributed by atoms with Crippen LogP contribution >= 0.6 is 11.3 Å². The molecule has 1 saturated heterocycles. The fourth-order valence-corrected chi connectivity index (χ4v) is 2.55. The Balaban J connectivity index is 1.85. The summed E-state index contributed by atoms with van der Waals surface area (Å²) in [6, 6.07) is 1.97. The first-order valence-corrected chi connectivity index (χ1v) is 6.81. The Kier molecular flexibility index (Phi) is 2.97. The fraction of sp³-hybridized carbons (Fsp3) is 0.364. The topological polar surface area (TPSA) is 80.0 Å². The van der Waals surface area contributed by atoms with Gasteiger partial charge in [0.2, 0.25) is 17.8 Å². The second-order valence-electron chi connectivity index (χ2n) is 4.15. The Labute approximate surface area is 109 Å². The van der Waals surface area contributed by atoms with Crippen molar-refractivity contribution in [1.82, 2.24) is 15.0 Å². The monoisotopic (exact) mass is 262 g/mol. The molecule has 3 heterocycles. The molecule has 0 spiro atoms. The van der Waals surface area contributed by atoms with E-state index in [4.69, 9.17) is 5.73 Å². The third-order valence-corrected chi connectivity index (χ3v) is 3.49. The molecule has 18 heavy (non-hydrogen) atoms. The summed E-state index contributed by atoms with van der Waals surface area (Å²) in [7, 11) is 0. The van der Waals surface area contributed by atoms with Crippen LogP contribution < -0.4 is 16.0 Å². The van der Waals surface area contributed by atoms with Crippen LogP contribution in [0.25, 0.3) is 0 Å². The van der Waals surface area contributed by atoms with Gasteiger partial charge in [-0.05, 0) is 24.3 Å². The van der Waals surface area contributed by atoms with Gasteiger partial charge >= 0.3 is 0 Å². The predicted octanol–water partition coefficient (Wildman–Crippen LogP) is 1.86. The summed E-state index contributed by atoms with van der Waals surface area (Å²) in [6.45, 7) is 1.97. The van der Waals surface area contributed by atoms with E-state index < -0.39 is 0 Å². The van der Waals surface area contributed by atoms with Gasteiger partial charge in [-0.1, -0.05) is 0 Å². The van der Waals surface area contributed by atoms with Crippen molar-refractivity contribution in [1.29, 1.82) is 0 Å². The second-order valence-corrected chi connectivity index (χ2v) is 4.93. The number of nitrogen functional groups attached to an aromatic ring is 1. The lowest BCUT2D eigenvalue weighted by atomic mass is 10.4. The van der Waals surface area contributed by atoms with E-state index in [9.17, 15) is 0 Å². The largest absolute Gasteiger partial charge is 0.368 e. The Morgan fingerprint density at radius 2 is 2.06 bits per heavy atom. The summed E-state index contributed by atoms with van der Waals surface area (Å²) in [5, 5.41) is 7.12. The Hall–Kier alpha value is -1.89. The van der Waals surface area contributed by atoms with E-state index in [0.717, 1.165) is 18.8 Å². The third kappa shape index (κ3) is 2.35. The highest BCUT2D eigenvalue weighted by Crippen LogP contribution is 2.20. The SMILES string of the molecule is Nc1nc(Nc2ccsc2)nc(N2CCCC2)n1. The lowest BCUT2D eigenvalue weighted by Gasteiger charge is -2.15. The van der Waals surface area contributed by atoms with Crippen molar-refractivity contribution in [2.24, 2.45) is 0 Å². The highest BCUT2D eigenvalue weighted by Gasteiger charge is 2.16. The summed E-state index contributed by atoms with van der Waals surface area (Å²) >= 11 is 1.62. The minimum atomic E-state index is 0.254. The Bertz CT molecular complexity index is 520. The number of rotatable bonds is 3. The summed E-state index contributed by atoms with van der Waals surface area (Å²) in [5.41, 5.74) is 6.70. The van der Waals surface area contributed by atoms with Gasteiger partial charge in [0.15, 0.2) is 0 Å². The molecule has 0 amide bonds. The van der Waals surface area contributed by atoms with Crippen LogP contribution in [-0.4, -0.2) is 28.0 Å². The van der Waals surface area contributed by atoms with Crippen molar-refractivity contribution in [2.45, 2.75) is 12.8 Å². The highest BCUT2D eigenvalue weighted by molar-refractivity contribution is 7.08. The molecule has 0 bridgehead atoms. The minimum Gasteiger partial charge on any atom is -0.368 e. The molecule has 7 heteroatoms. The number of nitrogens with zero attached hydrogens (tertiary/aromatic N) is 4. The quantitative estimate of drug-likeness (QED) is 0.879. The van der Waals surface area contributed by atoms with Gasteiger partial charge in [0.05, 0.1) is 5.69 Å². The van der Waals surface area contributed by atoms with Gasteiger partial charge in [-0.3, -0.25) is 0 Å². The van der Waals surface area contributed by atoms with Crippen molar-refractivity contribution >= 4 is 34.9 Å². The van der Waals surface area contributed by atoms with Gasteiger partial charge in [0.25, 0.3) is 0 Å². The number of aromatic nitrogens is 3. The zero-order valence-corrected chi connectivity index (χ0v) is 10.7. The summed E-state index contributed by atoms with van der Waals surface area (Å²) in [6.07, 6.45) is 2.36. The van der Waals surface area contributed by atoms with Crippen LogP contribution in [0.5, 0.6) is 0 Å². The van der Waals surface area contributed by atoms with Gasteiger partial charge < -0.3 is 16.0 Å². The van der Waals surface area contributed by atoms with E-state index in [-0.39, 0.29) is 5.95 Å². The van der Waals surface area contributed by atoms with Crippen LogP contribution in [0.4, 0.5) is 23.5 Å². The number of nitrogens with one attached hydrogen (secondary N) is 1. The number of anilines is 4. The average Bonchev–Trinajstić information content (AvgIpc) is 3.00. The lowest BCUT2D eigenvalue weighted by Crippen LogP contribution is -2.21. The van der Waals surface area contributed by atoms with Gasteiger partial charge in [0, 0.05) is 18.5 Å². The molecule has 2 aromatic heterocycles. The van der Waals surface area contributed by atoms with Crippen LogP contribution in [0, 0.1) is 0 Å². The molecular weight excluding hydrogens is 248 g/mol. The lowest BCUT2D eigenvalue weighted by molar-refractivity contribution is 0.887. The molecule has 6 nitrogen and oxygen atoms in total. The fourth-order valence-electron chi connectivity index (χ4n) is 1.96. The highest BCUT2D eigenvalue weighted by atomic mass is 32.1. The van der Waals surface area contributed by atoms with E-state index >= 15 is 0 Å². The molecule has 2 aromatic rings. The van der Waals surface area contributed by atoms with E-state index in [0.29, 0.717) is 11.9 Å². The standard InChI is InChI=1S/C11H14N6S/c12-9-14-10(13-8-3-6-18-7-8)16-11(15-9)17-4-1-2-5-17/h3,6-7H,1-2,4-5H2,(H3,12,13,14,15,16). The number of hydrogen-bond donors (Lipinski definition) is 2. The smallest absolute Gasteiger partial charge is 0.233 e. The molecular formula is C11H14N6S. The first-order valence-electron chi connectivity index (χ1n) is 5.87. The average molecular weight is 262 g/mol. The van der Waals surface area contributed by atoms with Gasteiger partial charge in [-0.15, -0.1) is 0 Å². The van der Waals surface area contributed by atoms with E-state index in [1.54, 1.807) is 11.3 Å². The predicted molar refractivity (Wildman–Crippen MR) is 73.3 cm³/mol. The molecule has 3 N–H and O–H groups in total. The van der Waals surface area contributed by atoms with Crippen molar-refractivity contribution in [3.05, 3.63) is 16.8 Å². The molecule has 1 fully saturated rings. The molecule has 94 valence electrons. The van der Waals surface area contributed by atoms with Gasteiger partial charge in [-0.25, -0.2) is 0 Å². The zero-order valence-electron chi connectivity index (χ0n) is 9.83. The summed E-state index contributed by atoms with van der Waals surface area (Å²) < 4.78 is 0. The van der Waals surface area contributed by atoms with Crippen LogP contribution in [0.15, 0.2) is 16.8 Å².